The Balaban J connectivity index is 1.32. The van der Waals surface area contributed by atoms with Gasteiger partial charge in [-0.15, -0.1) is 0 Å². The number of halogens is 5. The van der Waals surface area contributed by atoms with Gasteiger partial charge in [0.25, 0.3) is 11.8 Å². The number of amides is 2. The second-order valence-electron chi connectivity index (χ2n) is 13.5. The number of hydrogen-bond acceptors (Lipinski definition) is 5. The molecule has 272 valence electrons. The van der Waals surface area contributed by atoms with E-state index in [-0.39, 0.29) is 41.9 Å². The van der Waals surface area contributed by atoms with E-state index in [9.17, 15) is 36.6 Å². The summed E-state index contributed by atoms with van der Waals surface area (Å²) in [6, 6.07) is 8.45. The summed E-state index contributed by atoms with van der Waals surface area (Å²) in [5.41, 5.74) is -0.734. The molecule has 2 saturated carbocycles. The fourth-order valence-electron chi connectivity index (χ4n) is 6.45. The first-order chi connectivity index (χ1) is 23.8. The Bertz CT molecular complexity index is 1620. The number of carbonyl (C=O) groups is 2. The summed E-state index contributed by atoms with van der Waals surface area (Å²) in [5, 5.41) is 21.7. The van der Waals surface area contributed by atoms with Crippen molar-refractivity contribution < 1.29 is 36.6 Å². The van der Waals surface area contributed by atoms with Crippen LogP contribution in [0.25, 0.3) is 0 Å². The van der Waals surface area contributed by atoms with Gasteiger partial charge in [-0.2, -0.15) is 18.3 Å². The molecule has 3 aromatic rings. The third-order valence-corrected chi connectivity index (χ3v) is 9.58. The largest absolute Gasteiger partial charge is 0.416 e. The Labute approximate surface area is 289 Å². The van der Waals surface area contributed by atoms with Crippen molar-refractivity contribution in [2.24, 2.45) is 0 Å². The zero-order valence-electron chi connectivity index (χ0n) is 28.5. The molecule has 1 heterocycles. The number of aliphatic hydroxyl groups is 1. The van der Waals surface area contributed by atoms with Crippen molar-refractivity contribution in [3.8, 4) is 0 Å². The molecule has 0 unspecified atom stereocenters. The van der Waals surface area contributed by atoms with Gasteiger partial charge in [0, 0.05) is 43.3 Å². The summed E-state index contributed by atoms with van der Waals surface area (Å²) in [7, 11) is 0. The number of aliphatic hydroxyl groups excluding tert-OH is 1. The second kappa shape index (κ2) is 16.0. The maximum atomic E-state index is 14.1. The molecular weight excluding hydrogens is 657 g/mol. The van der Waals surface area contributed by atoms with Crippen molar-refractivity contribution in [3.63, 3.8) is 0 Å². The molecule has 0 radical (unpaired) electrons. The lowest BCUT2D eigenvalue weighted by molar-refractivity contribution is -0.137. The van der Waals surface area contributed by atoms with Gasteiger partial charge in [-0.1, -0.05) is 44.7 Å². The van der Waals surface area contributed by atoms with Crippen LogP contribution in [0.3, 0.4) is 0 Å². The van der Waals surface area contributed by atoms with Crippen molar-refractivity contribution in [2.45, 2.75) is 115 Å². The van der Waals surface area contributed by atoms with Crippen molar-refractivity contribution in [3.05, 3.63) is 88.2 Å². The molecule has 13 heteroatoms. The Kier molecular flexibility index (Phi) is 12.0. The fraction of sp³-hybridized carbons (Fsp3) is 0.541. The van der Waals surface area contributed by atoms with Gasteiger partial charge in [0.15, 0.2) is 5.69 Å². The highest BCUT2D eigenvalue weighted by Gasteiger charge is 2.45. The van der Waals surface area contributed by atoms with Gasteiger partial charge in [0.05, 0.1) is 17.7 Å². The van der Waals surface area contributed by atoms with Crippen LogP contribution in [0.4, 0.5) is 22.0 Å². The molecule has 2 amide bonds. The Hall–Kier alpha value is -3.84. The molecule has 2 aliphatic carbocycles. The molecule has 2 atom stereocenters. The minimum Gasteiger partial charge on any atom is -0.390 e. The van der Waals surface area contributed by atoms with Gasteiger partial charge < -0.3 is 20.6 Å². The molecule has 5 rings (SSSR count). The number of carbonyl (C=O) groups excluding carboxylic acids is 2. The Morgan fingerprint density at radius 3 is 2.34 bits per heavy atom. The van der Waals surface area contributed by atoms with E-state index in [1.807, 2.05) is 11.8 Å². The third-order valence-electron chi connectivity index (χ3n) is 9.58. The summed E-state index contributed by atoms with van der Waals surface area (Å²) in [5.74, 6) is -2.54. The fourth-order valence-corrected chi connectivity index (χ4v) is 6.45. The lowest BCUT2D eigenvalue weighted by Gasteiger charge is -2.27. The number of aromatic nitrogens is 2. The van der Waals surface area contributed by atoms with E-state index < -0.39 is 47.0 Å². The SMILES string of the molecule is CCCCCCCN(C(=O)c1cc(C(=O)N[C@@H](Cc2cc(F)cc(F)c2)[C@H](O)CNC2(c3cccc(C(F)(F)F)c3)CC2)nn1CC)C1CC1. The summed E-state index contributed by atoms with van der Waals surface area (Å²) in [6.45, 7) is 4.78. The predicted octanol–water partition coefficient (Wildman–Crippen LogP) is 6.76. The molecule has 2 aromatic carbocycles. The maximum absolute atomic E-state index is 14.1. The molecule has 1 aromatic heterocycles. The first kappa shape index (κ1) is 37.4. The Morgan fingerprint density at radius 2 is 1.72 bits per heavy atom. The molecule has 2 fully saturated rings. The number of benzene rings is 2. The third kappa shape index (κ3) is 9.48. The topological polar surface area (TPSA) is 99.5 Å². The molecule has 0 aliphatic heterocycles. The maximum Gasteiger partial charge on any atom is 0.416 e. The molecule has 0 spiro atoms. The van der Waals surface area contributed by atoms with Gasteiger partial charge >= 0.3 is 6.18 Å². The van der Waals surface area contributed by atoms with Crippen LogP contribution in [-0.2, 0) is 24.7 Å². The van der Waals surface area contributed by atoms with Crippen LogP contribution in [-0.4, -0.2) is 62.9 Å². The predicted molar refractivity (Wildman–Crippen MR) is 178 cm³/mol. The highest BCUT2D eigenvalue weighted by atomic mass is 19.4. The number of hydrogen-bond donors (Lipinski definition) is 3. The second-order valence-corrected chi connectivity index (χ2v) is 13.5. The first-order valence-corrected chi connectivity index (χ1v) is 17.6. The summed E-state index contributed by atoms with van der Waals surface area (Å²) in [4.78, 5) is 29.2. The molecule has 0 saturated heterocycles. The molecule has 0 bridgehead atoms. The number of aryl methyl sites for hydroxylation is 1. The smallest absolute Gasteiger partial charge is 0.390 e. The summed E-state index contributed by atoms with van der Waals surface area (Å²) >= 11 is 0. The van der Waals surface area contributed by atoms with Gasteiger partial charge in [0.1, 0.15) is 17.3 Å². The average Bonchev–Trinajstić information content (AvgIpc) is 4.01. The van der Waals surface area contributed by atoms with E-state index in [2.05, 4.69) is 22.7 Å². The number of alkyl halides is 3. The van der Waals surface area contributed by atoms with Crippen LogP contribution in [0.15, 0.2) is 48.5 Å². The lowest BCUT2D eigenvalue weighted by atomic mass is 9.98. The molecule has 3 N–H and O–H groups in total. The average molecular weight is 704 g/mol. The molecule has 2 aliphatic rings. The molecule has 50 heavy (non-hydrogen) atoms. The van der Waals surface area contributed by atoms with E-state index in [0.29, 0.717) is 37.6 Å². The van der Waals surface area contributed by atoms with Crippen LogP contribution < -0.4 is 10.6 Å². The first-order valence-electron chi connectivity index (χ1n) is 17.6. The minimum absolute atomic E-state index is 0.0490. The number of rotatable bonds is 18. The van der Waals surface area contributed by atoms with E-state index in [1.54, 1.807) is 6.07 Å². The highest BCUT2D eigenvalue weighted by molar-refractivity contribution is 5.98. The lowest BCUT2D eigenvalue weighted by Crippen LogP contribution is -2.50. The van der Waals surface area contributed by atoms with Crippen LogP contribution >= 0.6 is 0 Å². The van der Waals surface area contributed by atoms with Gasteiger partial charge in [-0.3, -0.25) is 14.3 Å². The summed E-state index contributed by atoms with van der Waals surface area (Å²) < 4.78 is 69.9. The normalized spacial score (nSPS) is 16.6. The van der Waals surface area contributed by atoms with E-state index in [1.165, 1.54) is 16.8 Å². The zero-order chi connectivity index (χ0) is 36.1. The zero-order valence-corrected chi connectivity index (χ0v) is 28.5. The van der Waals surface area contributed by atoms with Crippen molar-refractivity contribution in [2.75, 3.05) is 13.1 Å². The number of unbranched alkanes of at least 4 members (excludes halogenated alkanes) is 4. The van der Waals surface area contributed by atoms with Crippen LogP contribution in [0, 0.1) is 11.6 Å². The monoisotopic (exact) mass is 703 g/mol. The highest BCUT2D eigenvalue weighted by Crippen LogP contribution is 2.46. The van der Waals surface area contributed by atoms with Crippen LogP contribution in [0.5, 0.6) is 0 Å². The number of nitrogens with zero attached hydrogens (tertiary/aromatic N) is 3. The van der Waals surface area contributed by atoms with E-state index >= 15 is 0 Å². The summed E-state index contributed by atoms with van der Waals surface area (Å²) in [6.07, 6.45) is 2.24. The van der Waals surface area contributed by atoms with Gasteiger partial charge in [-0.05, 0) is 80.8 Å². The molecular formula is C37H46F5N5O3. The van der Waals surface area contributed by atoms with E-state index in [0.717, 1.165) is 69.2 Å². The number of nitrogens with one attached hydrogen (secondary N) is 2. The van der Waals surface area contributed by atoms with Gasteiger partial charge in [0.2, 0.25) is 0 Å². The minimum atomic E-state index is -4.51. The Morgan fingerprint density at radius 1 is 1.02 bits per heavy atom. The van der Waals surface area contributed by atoms with Crippen molar-refractivity contribution in [1.82, 2.24) is 25.3 Å². The molecule has 8 nitrogen and oxygen atoms in total. The van der Waals surface area contributed by atoms with Crippen LogP contribution in [0.2, 0.25) is 0 Å². The van der Waals surface area contributed by atoms with Crippen molar-refractivity contribution in [1.29, 1.82) is 0 Å². The van der Waals surface area contributed by atoms with Gasteiger partial charge in [-0.25, -0.2) is 8.78 Å². The van der Waals surface area contributed by atoms with Crippen LogP contribution in [0.1, 0.15) is 109 Å². The standard InChI is InChI=1S/C37H46F5N5O3/c1-3-5-6-7-8-16-46(29-12-13-29)35(50)32-22-31(45-47(32)4-2)34(49)44-30(19-24-17-27(38)21-28(39)18-24)33(48)23-43-36(14-15-36)25-10-9-11-26(20-25)37(40,41)42/h9-11,17-18,20-22,29-30,33,43,48H,3-8,12-16,19,23H2,1-2H3,(H,44,49)/t30-,33+/m0/s1. The van der Waals surface area contributed by atoms with Crippen molar-refractivity contribution >= 4 is 11.8 Å². The van der Waals surface area contributed by atoms with E-state index in [4.69, 9.17) is 0 Å². The quantitative estimate of drug-likeness (QED) is 0.101.